The van der Waals surface area contributed by atoms with Gasteiger partial charge in [-0.25, -0.2) is 0 Å². The predicted octanol–water partition coefficient (Wildman–Crippen LogP) is 3.80. The Hall–Kier alpha value is -1.59. The number of aromatic nitrogens is 2. The first-order chi connectivity index (χ1) is 11.6. The molecule has 0 amide bonds. The van der Waals surface area contributed by atoms with Gasteiger partial charge >= 0.3 is 0 Å². The minimum Gasteiger partial charge on any atom is -0.496 e. The molecule has 6 heteroatoms. The molecule has 2 aliphatic rings. The van der Waals surface area contributed by atoms with E-state index in [1.165, 1.54) is 0 Å². The van der Waals surface area contributed by atoms with E-state index in [4.69, 9.17) is 31.6 Å². The van der Waals surface area contributed by atoms with Crippen molar-refractivity contribution in [3.63, 3.8) is 0 Å². The van der Waals surface area contributed by atoms with Crippen LogP contribution in [0.5, 0.6) is 5.75 Å². The Kier molecular flexibility index (Phi) is 4.01. The van der Waals surface area contributed by atoms with E-state index >= 15 is 0 Å². The molecule has 0 saturated heterocycles. The van der Waals surface area contributed by atoms with Crippen LogP contribution >= 0.6 is 11.6 Å². The molecule has 1 aromatic carbocycles. The van der Waals surface area contributed by atoms with E-state index in [-0.39, 0.29) is 17.4 Å². The normalized spacial score (nSPS) is 25.5. The zero-order valence-electron chi connectivity index (χ0n) is 13.8. The van der Waals surface area contributed by atoms with Crippen LogP contribution in [0.1, 0.15) is 61.7 Å². The molecule has 2 N–H and O–H groups in total. The minimum absolute atomic E-state index is 0.227. The van der Waals surface area contributed by atoms with E-state index in [2.05, 4.69) is 5.16 Å². The van der Waals surface area contributed by atoms with Gasteiger partial charge in [0.15, 0.2) is 5.82 Å². The molecule has 2 saturated carbocycles. The minimum atomic E-state index is -0.227. The molecule has 24 heavy (non-hydrogen) atoms. The maximum absolute atomic E-state index is 6.20. The number of rotatable bonds is 4. The van der Waals surface area contributed by atoms with Crippen LogP contribution in [-0.2, 0) is 5.41 Å². The summed E-state index contributed by atoms with van der Waals surface area (Å²) in [6.45, 7) is 0. The first-order valence-electron chi connectivity index (χ1n) is 8.56. The molecule has 0 unspecified atom stereocenters. The highest BCUT2D eigenvalue weighted by molar-refractivity contribution is 6.30. The van der Waals surface area contributed by atoms with Crippen LogP contribution in [0.15, 0.2) is 22.7 Å². The SMILES string of the molecule is COc1ccc(Cl)cc1C1(c2noc([C@@H]3CCC[C@H](N)C3)n2)CC1. The summed E-state index contributed by atoms with van der Waals surface area (Å²) in [4.78, 5) is 4.75. The van der Waals surface area contributed by atoms with Gasteiger partial charge < -0.3 is 15.0 Å². The molecule has 1 aromatic heterocycles. The van der Waals surface area contributed by atoms with Crippen LogP contribution < -0.4 is 10.5 Å². The molecule has 4 rings (SSSR count). The van der Waals surface area contributed by atoms with Crippen LogP contribution in [0, 0.1) is 0 Å². The second-order valence-corrected chi connectivity index (χ2v) is 7.44. The standard InChI is InChI=1S/C18H22ClN3O2/c1-23-15-6-5-12(19)10-14(15)18(7-8-18)17-21-16(24-22-17)11-3-2-4-13(20)9-11/h5-6,10-11,13H,2-4,7-9,20H2,1H3/t11-,13+/m1/s1. The number of nitrogens with two attached hydrogens (primary N) is 1. The van der Waals surface area contributed by atoms with E-state index in [1.54, 1.807) is 7.11 Å². The highest BCUT2D eigenvalue weighted by Gasteiger charge is 2.52. The highest BCUT2D eigenvalue weighted by atomic mass is 35.5. The van der Waals surface area contributed by atoms with Crippen LogP contribution in [0.2, 0.25) is 5.02 Å². The average molecular weight is 348 g/mol. The lowest BCUT2D eigenvalue weighted by molar-refractivity contribution is 0.296. The summed E-state index contributed by atoms with van der Waals surface area (Å²) in [5, 5.41) is 5.00. The van der Waals surface area contributed by atoms with Crippen molar-refractivity contribution >= 4 is 11.6 Å². The summed E-state index contributed by atoms with van der Waals surface area (Å²) < 4.78 is 11.1. The smallest absolute Gasteiger partial charge is 0.229 e. The van der Waals surface area contributed by atoms with Crippen molar-refractivity contribution in [3.05, 3.63) is 40.5 Å². The van der Waals surface area contributed by atoms with Crippen molar-refractivity contribution < 1.29 is 9.26 Å². The van der Waals surface area contributed by atoms with E-state index in [0.717, 1.165) is 61.6 Å². The Morgan fingerprint density at radius 1 is 1.33 bits per heavy atom. The Balaban J connectivity index is 1.66. The number of nitrogens with zero attached hydrogens (tertiary/aromatic N) is 2. The second kappa shape index (κ2) is 6.05. The quantitative estimate of drug-likeness (QED) is 0.910. The fourth-order valence-corrected chi connectivity index (χ4v) is 4.01. The van der Waals surface area contributed by atoms with Crippen LogP contribution in [0.3, 0.4) is 0 Å². The Morgan fingerprint density at radius 3 is 2.88 bits per heavy atom. The van der Waals surface area contributed by atoms with Crippen molar-refractivity contribution in [1.82, 2.24) is 10.1 Å². The molecule has 5 nitrogen and oxygen atoms in total. The highest BCUT2D eigenvalue weighted by Crippen LogP contribution is 2.55. The van der Waals surface area contributed by atoms with Gasteiger partial charge in [0, 0.05) is 22.5 Å². The third kappa shape index (κ3) is 2.70. The molecule has 0 radical (unpaired) electrons. The van der Waals surface area contributed by atoms with Gasteiger partial charge in [0.25, 0.3) is 0 Å². The van der Waals surface area contributed by atoms with E-state index in [9.17, 15) is 0 Å². The average Bonchev–Trinajstić information content (AvgIpc) is 3.24. The first kappa shape index (κ1) is 15.9. The largest absolute Gasteiger partial charge is 0.496 e. The van der Waals surface area contributed by atoms with Crippen LogP contribution in [0.4, 0.5) is 0 Å². The maximum atomic E-state index is 6.20. The second-order valence-electron chi connectivity index (χ2n) is 7.01. The molecular formula is C18H22ClN3O2. The molecule has 2 aliphatic carbocycles. The van der Waals surface area contributed by atoms with Crippen molar-refractivity contribution in [3.8, 4) is 5.75 Å². The maximum Gasteiger partial charge on any atom is 0.229 e. The van der Waals surface area contributed by atoms with Gasteiger partial charge in [-0.3, -0.25) is 0 Å². The van der Waals surface area contributed by atoms with Gasteiger partial charge in [-0.05, 0) is 50.3 Å². The summed E-state index contributed by atoms with van der Waals surface area (Å²) in [6, 6.07) is 5.94. The zero-order chi connectivity index (χ0) is 16.7. The summed E-state index contributed by atoms with van der Waals surface area (Å²) in [7, 11) is 1.67. The summed E-state index contributed by atoms with van der Waals surface area (Å²) in [6.07, 6.45) is 6.16. The molecular weight excluding hydrogens is 326 g/mol. The van der Waals surface area contributed by atoms with Gasteiger partial charge in [-0.15, -0.1) is 0 Å². The topological polar surface area (TPSA) is 74.2 Å². The molecule has 128 valence electrons. The molecule has 2 atom stereocenters. The number of hydrogen-bond acceptors (Lipinski definition) is 5. The summed E-state index contributed by atoms with van der Waals surface area (Å²) in [5.74, 6) is 2.58. The number of methoxy groups -OCH3 is 1. The summed E-state index contributed by atoms with van der Waals surface area (Å²) in [5.41, 5.74) is 6.91. The Bertz CT molecular complexity index is 742. The lowest BCUT2D eigenvalue weighted by Gasteiger charge is -2.23. The lowest BCUT2D eigenvalue weighted by atomic mass is 9.86. The first-order valence-corrected chi connectivity index (χ1v) is 8.94. The molecule has 0 aliphatic heterocycles. The van der Waals surface area contributed by atoms with Gasteiger partial charge in [0.1, 0.15) is 5.75 Å². The molecule has 2 aromatic rings. The number of hydrogen-bond donors (Lipinski definition) is 1. The molecule has 0 spiro atoms. The van der Waals surface area contributed by atoms with Crippen LogP contribution in [0.25, 0.3) is 0 Å². The van der Waals surface area contributed by atoms with E-state index < -0.39 is 0 Å². The fourth-order valence-electron chi connectivity index (χ4n) is 3.84. The third-order valence-corrected chi connectivity index (χ3v) is 5.60. The summed E-state index contributed by atoms with van der Waals surface area (Å²) >= 11 is 6.20. The lowest BCUT2D eigenvalue weighted by Crippen LogP contribution is -2.27. The van der Waals surface area contributed by atoms with Gasteiger partial charge in [-0.2, -0.15) is 4.98 Å². The van der Waals surface area contributed by atoms with Crippen molar-refractivity contribution in [1.29, 1.82) is 0 Å². The van der Waals surface area contributed by atoms with Gasteiger partial charge in [0.05, 0.1) is 12.5 Å². The number of benzene rings is 1. The van der Waals surface area contributed by atoms with Gasteiger partial charge in [0.2, 0.25) is 5.89 Å². The Morgan fingerprint density at radius 2 is 2.17 bits per heavy atom. The monoisotopic (exact) mass is 347 g/mol. The van der Waals surface area contributed by atoms with Crippen molar-refractivity contribution in [2.75, 3.05) is 7.11 Å². The molecule has 1 heterocycles. The van der Waals surface area contributed by atoms with Crippen molar-refractivity contribution in [2.45, 2.75) is 55.9 Å². The van der Waals surface area contributed by atoms with Crippen molar-refractivity contribution in [2.24, 2.45) is 5.73 Å². The predicted molar refractivity (Wildman–Crippen MR) is 91.5 cm³/mol. The number of halogens is 1. The third-order valence-electron chi connectivity index (χ3n) is 5.36. The van der Waals surface area contributed by atoms with Crippen LogP contribution in [-0.4, -0.2) is 23.3 Å². The molecule has 0 bridgehead atoms. The van der Waals surface area contributed by atoms with E-state index in [1.807, 2.05) is 18.2 Å². The Labute approximate surface area is 146 Å². The van der Waals surface area contributed by atoms with Gasteiger partial charge in [-0.1, -0.05) is 23.2 Å². The molecule has 2 fully saturated rings. The zero-order valence-corrected chi connectivity index (χ0v) is 14.6. The van der Waals surface area contributed by atoms with E-state index in [0.29, 0.717) is 5.02 Å². The number of ether oxygens (including phenoxy) is 1. The fraction of sp³-hybridized carbons (Fsp3) is 0.556.